The summed E-state index contributed by atoms with van der Waals surface area (Å²) in [6.07, 6.45) is 0. The van der Waals surface area contributed by atoms with Crippen LogP contribution in [0.5, 0.6) is 5.75 Å². The van der Waals surface area contributed by atoms with E-state index < -0.39 is 23.7 Å². The van der Waals surface area contributed by atoms with Crippen molar-refractivity contribution in [3.8, 4) is 5.75 Å². The zero-order chi connectivity index (χ0) is 28.5. The van der Waals surface area contributed by atoms with Crippen molar-refractivity contribution in [3.05, 3.63) is 100 Å². The van der Waals surface area contributed by atoms with Crippen LogP contribution in [0.15, 0.2) is 72.3 Å². The molecule has 39 heavy (non-hydrogen) atoms. The fourth-order valence-corrected chi connectivity index (χ4v) is 4.73. The van der Waals surface area contributed by atoms with Gasteiger partial charge in [-0.15, -0.1) is 0 Å². The zero-order valence-corrected chi connectivity index (χ0v) is 23.1. The van der Waals surface area contributed by atoms with Gasteiger partial charge in [0, 0.05) is 5.69 Å². The number of nitrogens with zero attached hydrogens (tertiary/aromatic N) is 1. The molecular weight excluding hydrogens is 494 g/mol. The van der Waals surface area contributed by atoms with E-state index in [0.717, 1.165) is 11.1 Å². The molecule has 1 aliphatic heterocycles. The van der Waals surface area contributed by atoms with E-state index in [-0.39, 0.29) is 23.4 Å². The van der Waals surface area contributed by atoms with Crippen LogP contribution in [-0.2, 0) is 19.7 Å². The molecule has 1 atom stereocenters. The normalized spacial score (nSPS) is 16.9. The van der Waals surface area contributed by atoms with Gasteiger partial charge >= 0.3 is 5.97 Å². The van der Waals surface area contributed by atoms with Gasteiger partial charge in [0.25, 0.3) is 11.7 Å². The molecule has 7 nitrogen and oxygen atoms in total. The Labute approximate surface area is 228 Å². The van der Waals surface area contributed by atoms with Crippen LogP contribution in [0, 0.1) is 6.92 Å². The summed E-state index contributed by atoms with van der Waals surface area (Å²) in [6, 6.07) is 18.3. The molecule has 1 heterocycles. The van der Waals surface area contributed by atoms with Crippen LogP contribution in [0.2, 0.25) is 0 Å². The number of ketones is 1. The molecule has 3 aromatic carbocycles. The Morgan fingerprint density at radius 1 is 1.00 bits per heavy atom. The number of ether oxygens (including phenoxy) is 2. The maximum atomic E-state index is 13.6. The molecule has 0 spiro atoms. The smallest absolute Gasteiger partial charge is 0.338 e. The monoisotopic (exact) mass is 527 g/mol. The summed E-state index contributed by atoms with van der Waals surface area (Å²) >= 11 is 0. The largest absolute Gasteiger partial charge is 0.507 e. The van der Waals surface area contributed by atoms with Gasteiger partial charge in [0.2, 0.25) is 0 Å². The molecule has 0 aliphatic carbocycles. The van der Waals surface area contributed by atoms with Gasteiger partial charge in [0.05, 0.1) is 36.5 Å². The summed E-state index contributed by atoms with van der Waals surface area (Å²) in [7, 11) is 1.49. The average molecular weight is 528 g/mol. The highest BCUT2D eigenvalue weighted by Gasteiger charge is 2.47. The standard InChI is InChI=1S/C32H33NO6/c1-7-39-31(37)20-11-14-23(15-12-20)33-27(21-10-8-9-19(2)17-21)26(29(35)30(33)36)28(34)24-18-22(32(3,4)5)13-16-25(24)38-6/h8-18,27,34H,7H2,1-6H3/b28-26+. The van der Waals surface area contributed by atoms with Gasteiger partial charge in [0.1, 0.15) is 11.5 Å². The minimum atomic E-state index is -0.902. The van der Waals surface area contributed by atoms with Crippen molar-refractivity contribution in [1.82, 2.24) is 0 Å². The summed E-state index contributed by atoms with van der Waals surface area (Å²) in [5.74, 6) is -2.00. The van der Waals surface area contributed by atoms with E-state index in [9.17, 15) is 19.5 Å². The lowest BCUT2D eigenvalue weighted by atomic mass is 9.85. The van der Waals surface area contributed by atoms with Crippen molar-refractivity contribution in [2.75, 3.05) is 18.6 Å². The predicted octanol–water partition coefficient (Wildman–Crippen LogP) is 6.10. The summed E-state index contributed by atoms with van der Waals surface area (Å²) in [5.41, 5.74) is 3.33. The van der Waals surface area contributed by atoms with E-state index in [0.29, 0.717) is 28.1 Å². The molecule has 1 aliphatic rings. The summed E-state index contributed by atoms with van der Waals surface area (Å²) in [5, 5.41) is 11.7. The fourth-order valence-electron chi connectivity index (χ4n) is 4.73. The summed E-state index contributed by atoms with van der Waals surface area (Å²) in [6.45, 7) is 10.0. The summed E-state index contributed by atoms with van der Waals surface area (Å²) in [4.78, 5) is 40.6. The number of aliphatic hydroxyl groups is 1. The Kier molecular flexibility index (Phi) is 7.63. The Morgan fingerprint density at radius 3 is 2.28 bits per heavy atom. The van der Waals surface area contributed by atoms with E-state index in [1.54, 1.807) is 43.3 Å². The number of hydrogen-bond acceptors (Lipinski definition) is 6. The average Bonchev–Trinajstić information content (AvgIpc) is 3.17. The highest BCUT2D eigenvalue weighted by atomic mass is 16.5. The second kappa shape index (κ2) is 10.8. The van der Waals surface area contributed by atoms with Crippen molar-refractivity contribution in [2.24, 2.45) is 0 Å². The summed E-state index contributed by atoms with van der Waals surface area (Å²) < 4.78 is 10.6. The number of esters is 1. The highest BCUT2D eigenvalue weighted by molar-refractivity contribution is 6.51. The quantitative estimate of drug-likeness (QED) is 0.180. The Bertz CT molecular complexity index is 1460. The minimum Gasteiger partial charge on any atom is -0.507 e. The number of carbonyl (C=O) groups excluding carboxylic acids is 3. The first kappa shape index (κ1) is 27.6. The van der Waals surface area contributed by atoms with E-state index in [4.69, 9.17) is 9.47 Å². The first-order valence-electron chi connectivity index (χ1n) is 12.8. The minimum absolute atomic E-state index is 0.0376. The molecule has 202 valence electrons. The van der Waals surface area contributed by atoms with Crippen LogP contribution in [0.1, 0.15) is 66.3 Å². The van der Waals surface area contributed by atoms with Crippen LogP contribution >= 0.6 is 0 Å². The van der Waals surface area contributed by atoms with Gasteiger partial charge in [-0.3, -0.25) is 14.5 Å². The number of aliphatic hydroxyl groups excluding tert-OH is 1. The van der Waals surface area contributed by atoms with Crippen LogP contribution in [0.3, 0.4) is 0 Å². The predicted molar refractivity (Wildman–Crippen MR) is 150 cm³/mol. The molecule has 0 aromatic heterocycles. The molecule has 0 saturated carbocycles. The first-order chi connectivity index (χ1) is 18.5. The van der Waals surface area contributed by atoms with E-state index >= 15 is 0 Å². The van der Waals surface area contributed by atoms with Gasteiger partial charge in [-0.05, 0) is 66.8 Å². The molecule has 0 bridgehead atoms. The second-order valence-electron chi connectivity index (χ2n) is 10.5. The number of amides is 1. The lowest BCUT2D eigenvalue weighted by Crippen LogP contribution is -2.29. The van der Waals surface area contributed by atoms with Gasteiger partial charge in [-0.25, -0.2) is 4.79 Å². The van der Waals surface area contributed by atoms with Crippen LogP contribution in [0.4, 0.5) is 5.69 Å². The number of Topliss-reactive ketones (excluding diaryl/α,β-unsaturated/α-hetero) is 1. The number of aryl methyl sites for hydroxylation is 1. The topological polar surface area (TPSA) is 93.1 Å². The van der Waals surface area contributed by atoms with Gasteiger partial charge in [-0.1, -0.05) is 56.7 Å². The maximum absolute atomic E-state index is 13.6. The number of hydrogen-bond donors (Lipinski definition) is 1. The number of rotatable bonds is 6. The number of anilines is 1. The van der Waals surface area contributed by atoms with Gasteiger partial charge in [0.15, 0.2) is 0 Å². The van der Waals surface area contributed by atoms with E-state index in [1.807, 2.05) is 58.0 Å². The fraction of sp³-hybridized carbons (Fsp3) is 0.281. The van der Waals surface area contributed by atoms with Crippen LogP contribution in [-0.4, -0.2) is 36.5 Å². The number of carbonyl (C=O) groups is 3. The van der Waals surface area contributed by atoms with Crippen molar-refractivity contribution < 1.29 is 29.0 Å². The molecule has 1 saturated heterocycles. The van der Waals surface area contributed by atoms with Gasteiger partial charge in [-0.2, -0.15) is 0 Å². The van der Waals surface area contributed by atoms with Crippen molar-refractivity contribution in [1.29, 1.82) is 0 Å². The molecule has 3 aromatic rings. The van der Waals surface area contributed by atoms with E-state index in [1.165, 1.54) is 12.0 Å². The molecular formula is C32H33NO6. The number of benzene rings is 3. The van der Waals surface area contributed by atoms with Crippen LogP contribution < -0.4 is 9.64 Å². The molecule has 1 fully saturated rings. The molecule has 1 amide bonds. The molecule has 4 rings (SSSR count). The SMILES string of the molecule is CCOC(=O)c1ccc(N2C(=O)C(=O)/C(=C(/O)c3cc(C(C)(C)C)ccc3OC)C2c2cccc(C)c2)cc1. The number of methoxy groups -OCH3 is 1. The molecule has 1 N–H and O–H groups in total. The van der Waals surface area contributed by atoms with Crippen molar-refractivity contribution >= 4 is 29.1 Å². The molecule has 0 radical (unpaired) electrons. The zero-order valence-electron chi connectivity index (χ0n) is 23.1. The van der Waals surface area contributed by atoms with Gasteiger partial charge < -0.3 is 14.6 Å². The van der Waals surface area contributed by atoms with Crippen molar-refractivity contribution in [3.63, 3.8) is 0 Å². The first-order valence-corrected chi connectivity index (χ1v) is 12.8. The third kappa shape index (κ3) is 5.30. The Morgan fingerprint density at radius 2 is 1.69 bits per heavy atom. The van der Waals surface area contributed by atoms with E-state index in [2.05, 4.69) is 0 Å². The Hall–Kier alpha value is -4.39. The third-order valence-corrected chi connectivity index (χ3v) is 6.78. The maximum Gasteiger partial charge on any atom is 0.338 e. The van der Waals surface area contributed by atoms with Crippen LogP contribution in [0.25, 0.3) is 5.76 Å². The second-order valence-corrected chi connectivity index (χ2v) is 10.5. The lowest BCUT2D eigenvalue weighted by molar-refractivity contribution is -0.132. The third-order valence-electron chi connectivity index (χ3n) is 6.78. The Balaban J connectivity index is 1.93. The molecule has 7 heteroatoms. The highest BCUT2D eigenvalue weighted by Crippen LogP contribution is 2.44. The van der Waals surface area contributed by atoms with Crippen molar-refractivity contribution in [2.45, 2.75) is 46.1 Å². The lowest BCUT2D eigenvalue weighted by Gasteiger charge is -2.26. The molecule has 1 unspecified atom stereocenters.